The average Bonchev–Trinajstić information content (AvgIpc) is 3.32. The average molecular weight is 360 g/mol. The van der Waals surface area contributed by atoms with E-state index in [0.717, 1.165) is 39.9 Å². The smallest absolute Gasteiger partial charge is 0.231 e. The fourth-order valence-corrected chi connectivity index (χ4v) is 3.15. The summed E-state index contributed by atoms with van der Waals surface area (Å²) in [7, 11) is 1.65. The maximum Gasteiger partial charge on any atom is 0.231 e. The monoisotopic (exact) mass is 360 g/mol. The molecule has 3 heterocycles. The normalized spacial score (nSPS) is 12.3. The molecular weight excluding hydrogens is 344 g/mol. The maximum absolute atomic E-state index is 5.52. The molecule has 2 aromatic carbocycles. The Labute approximate surface area is 155 Å². The molecule has 0 radical (unpaired) electrons. The molecule has 0 atom stereocenters. The van der Waals surface area contributed by atoms with Gasteiger partial charge in [0, 0.05) is 18.0 Å². The van der Waals surface area contributed by atoms with Crippen LogP contribution in [0.1, 0.15) is 0 Å². The number of anilines is 2. The van der Waals surface area contributed by atoms with Gasteiger partial charge in [-0.2, -0.15) is 0 Å². The second kappa shape index (κ2) is 6.21. The molecule has 7 nitrogen and oxygen atoms in total. The number of aromatic nitrogens is 3. The van der Waals surface area contributed by atoms with Crippen molar-refractivity contribution in [2.45, 2.75) is 0 Å². The van der Waals surface area contributed by atoms with E-state index in [9.17, 15) is 0 Å². The van der Waals surface area contributed by atoms with Crippen molar-refractivity contribution in [3.8, 4) is 28.5 Å². The van der Waals surface area contributed by atoms with Crippen LogP contribution in [0.5, 0.6) is 17.2 Å². The number of rotatable bonds is 4. The number of nitrogens with one attached hydrogen (secondary N) is 1. The molecule has 1 aliphatic heterocycles. The highest BCUT2D eigenvalue weighted by molar-refractivity contribution is 5.81. The van der Waals surface area contributed by atoms with Crippen LogP contribution < -0.4 is 19.5 Å². The Balaban J connectivity index is 1.67. The molecule has 4 aromatic rings. The van der Waals surface area contributed by atoms with Crippen LogP contribution in [0.4, 0.5) is 11.5 Å². The number of benzene rings is 2. The fraction of sp³-hybridized carbons (Fsp3) is 0.100. The summed E-state index contributed by atoms with van der Waals surface area (Å²) in [6.07, 6.45) is 5.33. The first-order chi connectivity index (χ1) is 13.3. The second-order valence-corrected chi connectivity index (χ2v) is 6.01. The minimum atomic E-state index is 0.236. The van der Waals surface area contributed by atoms with Crippen molar-refractivity contribution in [1.82, 2.24) is 14.4 Å². The SMILES string of the molecule is COc1ccccc1Nc1c(-c2ccc3c(c2)OCO3)nc2cnccn12. The molecule has 0 aliphatic carbocycles. The number of methoxy groups -OCH3 is 1. The van der Waals surface area contributed by atoms with Crippen molar-refractivity contribution in [2.24, 2.45) is 0 Å². The van der Waals surface area contributed by atoms with Crippen molar-refractivity contribution in [1.29, 1.82) is 0 Å². The lowest BCUT2D eigenvalue weighted by Gasteiger charge is -2.12. The van der Waals surface area contributed by atoms with Crippen LogP contribution in [-0.4, -0.2) is 28.3 Å². The number of hydrogen-bond acceptors (Lipinski definition) is 6. The molecule has 0 spiro atoms. The number of nitrogens with zero attached hydrogens (tertiary/aromatic N) is 3. The minimum Gasteiger partial charge on any atom is -0.495 e. The van der Waals surface area contributed by atoms with E-state index in [1.807, 2.05) is 53.1 Å². The molecule has 2 aromatic heterocycles. The summed E-state index contributed by atoms with van der Waals surface area (Å²) < 4.78 is 18.4. The Hall–Kier alpha value is -3.74. The van der Waals surface area contributed by atoms with E-state index in [1.165, 1.54) is 0 Å². The number of imidazole rings is 1. The maximum atomic E-state index is 5.52. The van der Waals surface area contributed by atoms with E-state index in [2.05, 4.69) is 10.3 Å². The van der Waals surface area contributed by atoms with Crippen molar-refractivity contribution in [3.63, 3.8) is 0 Å². The van der Waals surface area contributed by atoms with Crippen molar-refractivity contribution in [3.05, 3.63) is 61.1 Å². The second-order valence-electron chi connectivity index (χ2n) is 6.01. The van der Waals surface area contributed by atoms with Crippen LogP contribution in [0.2, 0.25) is 0 Å². The molecule has 27 heavy (non-hydrogen) atoms. The molecule has 0 saturated heterocycles. The molecule has 0 amide bonds. The van der Waals surface area contributed by atoms with Gasteiger partial charge in [-0.25, -0.2) is 4.98 Å². The van der Waals surface area contributed by atoms with Gasteiger partial charge < -0.3 is 19.5 Å². The summed E-state index contributed by atoms with van der Waals surface area (Å²) in [5, 5.41) is 3.46. The third-order valence-electron chi connectivity index (χ3n) is 4.44. The molecule has 0 fully saturated rings. The van der Waals surface area contributed by atoms with E-state index in [-0.39, 0.29) is 6.79 Å². The summed E-state index contributed by atoms with van der Waals surface area (Å²) in [5.41, 5.74) is 3.29. The molecule has 0 saturated carbocycles. The number of ether oxygens (including phenoxy) is 3. The van der Waals surface area contributed by atoms with Gasteiger partial charge in [0.1, 0.15) is 17.3 Å². The molecule has 0 bridgehead atoms. The zero-order valence-electron chi connectivity index (χ0n) is 14.5. The fourth-order valence-electron chi connectivity index (χ4n) is 3.15. The van der Waals surface area contributed by atoms with E-state index < -0.39 is 0 Å². The van der Waals surface area contributed by atoms with Gasteiger partial charge in [-0.15, -0.1) is 0 Å². The van der Waals surface area contributed by atoms with Crippen LogP contribution >= 0.6 is 0 Å². The van der Waals surface area contributed by atoms with Gasteiger partial charge in [0.2, 0.25) is 6.79 Å². The molecule has 1 N–H and O–H groups in total. The summed E-state index contributed by atoms with van der Waals surface area (Å²) in [5.74, 6) is 3.02. The molecule has 0 unspecified atom stereocenters. The van der Waals surface area contributed by atoms with Gasteiger partial charge in [0.25, 0.3) is 0 Å². The van der Waals surface area contributed by atoms with Crippen LogP contribution in [0.25, 0.3) is 16.9 Å². The zero-order chi connectivity index (χ0) is 18.2. The van der Waals surface area contributed by atoms with E-state index in [0.29, 0.717) is 5.75 Å². The van der Waals surface area contributed by atoms with Crippen molar-refractivity contribution >= 4 is 17.2 Å². The van der Waals surface area contributed by atoms with E-state index in [1.54, 1.807) is 19.5 Å². The Morgan fingerprint density at radius 1 is 1.11 bits per heavy atom. The Morgan fingerprint density at radius 2 is 2.00 bits per heavy atom. The minimum absolute atomic E-state index is 0.236. The first-order valence-electron chi connectivity index (χ1n) is 8.45. The van der Waals surface area contributed by atoms with Gasteiger partial charge in [-0.05, 0) is 30.3 Å². The Bertz CT molecular complexity index is 1140. The molecule has 7 heteroatoms. The number of hydrogen-bond donors (Lipinski definition) is 1. The van der Waals surface area contributed by atoms with Crippen LogP contribution in [0, 0.1) is 0 Å². The first-order valence-corrected chi connectivity index (χ1v) is 8.45. The summed E-state index contributed by atoms with van der Waals surface area (Å²) >= 11 is 0. The van der Waals surface area contributed by atoms with Gasteiger partial charge >= 0.3 is 0 Å². The van der Waals surface area contributed by atoms with Gasteiger partial charge in [0.05, 0.1) is 19.0 Å². The van der Waals surface area contributed by atoms with Gasteiger partial charge in [-0.1, -0.05) is 12.1 Å². The Kier molecular flexibility index (Phi) is 3.57. The molecule has 5 rings (SSSR count). The predicted molar refractivity (Wildman–Crippen MR) is 101 cm³/mol. The predicted octanol–water partition coefficient (Wildman–Crippen LogP) is 3.88. The summed E-state index contributed by atoms with van der Waals surface area (Å²) in [4.78, 5) is 8.94. The van der Waals surface area contributed by atoms with Crippen molar-refractivity contribution in [2.75, 3.05) is 19.2 Å². The highest BCUT2D eigenvalue weighted by Gasteiger charge is 2.19. The largest absolute Gasteiger partial charge is 0.495 e. The van der Waals surface area contributed by atoms with E-state index >= 15 is 0 Å². The topological polar surface area (TPSA) is 69.9 Å². The highest BCUT2D eigenvalue weighted by Crippen LogP contribution is 2.39. The van der Waals surface area contributed by atoms with Gasteiger partial charge in [-0.3, -0.25) is 9.38 Å². The standard InChI is InChI=1S/C20H16N4O3/c1-25-15-5-3-2-4-14(15)22-20-19(23-18-11-21-8-9-24(18)20)13-6-7-16-17(10-13)27-12-26-16/h2-11,22H,12H2,1H3. The molecular formula is C20H16N4O3. The van der Waals surface area contributed by atoms with Crippen LogP contribution in [-0.2, 0) is 0 Å². The lowest BCUT2D eigenvalue weighted by atomic mass is 10.1. The quantitative estimate of drug-likeness (QED) is 0.596. The molecule has 134 valence electrons. The van der Waals surface area contributed by atoms with E-state index in [4.69, 9.17) is 19.2 Å². The first kappa shape index (κ1) is 15.5. The highest BCUT2D eigenvalue weighted by atomic mass is 16.7. The van der Waals surface area contributed by atoms with Gasteiger partial charge in [0.15, 0.2) is 17.1 Å². The third-order valence-corrected chi connectivity index (χ3v) is 4.44. The number of para-hydroxylation sites is 2. The Morgan fingerprint density at radius 3 is 2.93 bits per heavy atom. The third kappa shape index (κ3) is 2.60. The summed E-state index contributed by atoms with van der Waals surface area (Å²) in [6, 6.07) is 13.6. The number of fused-ring (bicyclic) bond motifs is 2. The zero-order valence-corrected chi connectivity index (χ0v) is 14.5. The lowest BCUT2D eigenvalue weighted by molar-refractivity contribution is 0.174. The lowest BCUT2D eigenvalue weighted by Crippen LogP contribution is -1.99. The molecule has 1 aliphatic rings. The van der Waals surface area contributed by atoms with Crippen LogP contribution in [0.3, 0.4) is 0 Å². The van der Waals surface area contributed by atoms with Crippen molar-refractivity contribution < 1.29 is 14.2 Å². The summed E-state index contributed by atoms with van der Waals surface area (Å²) in [6.45, 7) is 0.236. The van der Waals surface area contributed by atoms with Crippen LogP contribution in [0.15, 0.2) is 61.1 Å².